The van der Waals surface area contributed by atoms with E-state index in [1.54, 1.807) is 0 Å². The summed E-state index contributed by atoms with van der Waals surface area (Å²) < 4.78 is 5.02. The fourth-order valence-electron chi connectivity index (χ4n) is 13.2. The Hall–Kier alpha value is -7.94. The molecule has 66 heavy (non-hydrogen) atoms. The van der Waals surface area contributed by atoms with Gasteiger partial charge in [-0.05, 0) is 146 Å². The van der Waals surface area contributed by atoms with Crippen LogP contribution in [0.5, 0.6) is 0 Å². The largest absolute Gasteiger partial charge is 0.309 e. The fourth-order valence-corrected chi connectivity index (χ4v) is 13.2. The zero-order valence-electron chi connectivity index (χ0n) is 36.9. The standard InChI is InChI=1S/C64H44N2/c1-63(2)52-25-13-9-23-45(52)48-37-51-50-36-40(29-33-58(50)65(60(51)38-57(48)63)41-17-5-3-6-18-41)39-30-34-59-49(35-39)46-31-32-56-61(62(46)66(59)42-19-7-4-8-20-42)47-24-12-16-28-55(47)64(56)53-26-14-10-21-43(53)44-22-11-15-27-54(44)64/h3-10,12-14,16-38H,11,15H2,1-2H3. The number of para-hydroxylation sites is 2. The maximum atomic E-state index is 2.55. The molecule has 2 heteroatoms. The van der Waals surface area contributed by atoms with E-state index in [4.69, 9.17) is 0 Å². The van der Waals surface area contributed by atoms with Crippen LogP contribution in [0.1, 0.15) is 60.1 Å². The Bertz CT molecular complexity index is 4000. The van der Waals surface area contributed by atoms with Crippen molar-refractivity contribution in [2.24, 2.45) is 0 Å². The van der Waals surface area contributed by atoms with Gasteiger partial charge in [-0.25, -0.2) is 0 Å². The summed E-state index contributed by atoms with van der Waals surface area (Å²) in [5, 5.41) is 5.09. The molecule has 0 saturated heterocycles. The van der Waals surface area contributed by atoms with Crippen molar-refractivity contribution in [2.75, 3.05) is 0 Å². The Morgan fingerprint density at radius 1 is 0.379 bits per heavy atom. The van der Waals surface area contributed by atoms with E-state index >= 15 is 0 Å². The Labute approximate surface area is 384 Å². The predicted octanol–water partition coefficient (Wildman–Crippen LogP) is 16.3. The van der Waals surface area contributed by atoms with E-state index in [0.717, 1.165) is 12.8 Å². The first-order valence-electron chi connectivity index (χ1n) is 23.6. The van der Waals surface area contributed by atoms with E-state index in [1.165, 1.54) is 133 Å². The molecular weight excluding hydrogens is 797 g/mol. The van der Waals surface area contributed by atoms with Gasteiger partial charge in [0.25, 0.3) is 0 Å². The van der Waals surface area contributed by atoms with Crippen LogP contribution in [0, 0.1) is 0 Å². The molecule has 0 amide bonds. The van der Waals surface area contributed by atoms with Gasteiger partial charge < -0.3 is 9.13 Å². The lowest BCUT2D eigenvalue weighted by Crippen LogP contribution is -2.26. The zero-order valence-corrected chi connectivity index (χ0v) is 36.9. The van der Waals surface area contributed by atoms with Gasteiger partial charge in [0.1, 0.15) is 0 Å². The summed E-state index contributed by atoms with van der Waals surface area (Å²) in [5.41, 5.74) is 25.9. The van der Waals surface area contributed by atoms with Gasteiger partial charge in [-0.3, -0.25) is 0 Å². The monoisotopic (exact) mass is 840 g/mol. The van der Waals surface area contributed by atoms with Crippen LogP contribution in [0.2, 0.25) is 0 Å². The van der Waals surface area contributed by atoms with Crippen molar-refractivity contribution < 1.29 is 0 Å². The highest BCUT2D eigenvalue weighted by molar-refractivity contribution is 6.18. The number of rotatable bonds is 3. The molecule has 0 radical (unpaired) electrons. The Morgan fingerprint density at radius 3 is 1.67 bits per heavy atom. The SMILES string of the molecule is CC1(C)c2ccccc2-c2cc3c4cc(-c5ccc6c(c5)c5ccc7c(c5n6-c5ccccc5)-c5ccccc5C75C6=CCCC=C6c6ccccc65)ccc4n(-c4ccccc4)c3cc21. The zero-order chi connectivity index (χ0) is 43.5. The molecule has 0 N–H and O–H groups in total. The van der Waals surface area contributed by atoms with Gasteiger partial charge >= 0.3 is 0 Å². The van der Waals surface area contributed by atoms with Gasteiger partial charge in [-0.15, -0.1) is 0 Å². The topological polar surface area (TPSA) is 9.86 Å². The van der Waals surface area contributed by atoms with Gasteiger partial charge in [-0.2, -0.15) is 0 Å². The molecule has 1 atom stereocenters. The molecule has 1 spiro atoms. The number of allylic oxidation sites excluding steroid dienone is 4. The van der Waals surface area contributed by atoms with Gasteiger partial charge in [-0.1, -0.05) is 159 Å². The summed E-state index contributed by atoms with van der Waals surface area (Å²) in [7, 11) is 0. The highest BCUT2D eigenvalue weighted by Crippen LogP contribution is 2.65. The minimum atomic E-state index is -0.363. The summed E-state index contributed by atoms with van der Waals surface area (Å²) in [6.07, 6.45) is 7.19. The molecule has 15 rings (SSSR count). The molecular formula is C64H44N2. The maximum Gasteiger partial charge on any atom is 0.0723 e. The van der Waals surface area contributed by atoms with E-state index in [1.807, 2.05) is 0 Å². The number of hydrogen-bond acceptors (Lipinski definition) is 0. The summed E-state index contributed by atoms with van der Waals surface area (Å²) in [4.78, 5) is 0. The summed E-state index contributed by atoms with van der Waals surface area (Å²) in [6, 6.07) is 73.6. The molecule has 2 heterocycles. The third kappa shape index (κ3) is 4.47. The van der Waals surface area contributed by atoms with Crippen molar-refractivity contribution in [1.29, 1.82) is 0 Å². The van der Waals surface area contributed by atoms with Gasteiger partial charge in [0.15, 0.2) is 0 Å². The normalized spacial score (nSPS) is 17.2. The molecule has 2 nitrogen and oxygen atoms in total. The Morgan fingerprint density at radius 2 is 0.939 bits per heavy atom. The number of nitrogens with zero attached hydrogens (tertiary/aromatic N) is 2. The van der Waals surface area contributed by atoms with Crippen LogP contribution in [-0.2, 0) is 10.8 Å². The molecule has 0 aliphatic heterocycles. The molecule has 4 aliphatic carbocycles. The fraction of sp³-hybridized carbons (Fsp3) is 0.0938. The van der Waals surface area contributed by atoms with Crippen molar-refractivity contribution >= 4 is 49.2 Å². The molecule has 0 saturated carbocycles. The molecule has 2 aromatic heterocycles. The average Bonchev–Trinajstić information content (AvgIpc) is 4.12. The van der Waals surface area contributed by atoms with E-state index in [9.17, 15) is 0 Å². The number of benzene rings is 9. The van der Waals surface area contributed by atoms with E-state index in [2.05, 4.69) is 229 Å². The molecule has 0 bridgehead atoms. The van der Waals surface area contributed by atoms with E-state index in [0.29, 0.717) is 0 Å². The highest BCUT2D eigenvalue weighted by atomic mass is 15.0. The van der Waals surface area contributed by atoms with Crippen molar-refractivity contribution in [3.8, 4) is 44.8 Å². The first-order chi connectivity index (χ1) is 32.5. The molecule has 0 fully saturated rings. The Balaban J connectivity index is 0.991. The first kappa shape index (κ1) is 36.4. The van der Waals surface area contributed by atoms with E-state index in [-0.39, 0.29) is 10.8 Å². The lowest BCUT2D eigenvalue weighted by Gasteiger charge is -2.31. The first-order valence-corrected chi connectivity index (χ1v) is 23.6. The number of fused-ring (bicyclic) bond motifs is 20. The molecule has 310 valence electrons. The number of hydrogen-bond donors (Lipinski definition) is 0. The van der Waals surface area contributed by atoms with Gasteiger partial charge in [0, 0.05) is 43.9 Å². The molecule has 4 aliphatic rings. The van der Waals surface area contributed by atoms with E-state index < -0.39 is 0 Å². The Kier molecular flexibility index (Phi) is 7.10. The third-order valence-electron chi connectivity index (χ3n) is 15.9. The summed E-state index contributed by atoms with van der Waals surface area (Å²) in [5.74, 6) is 0. The second kappa shape index (κ2) is 12.9. The van der Waals surface area contributed by atoms with Crippen molar-refractivity contribution in [3.05, 3.63) is 245 Å². The summed E-state index contributed by atoms with van der Waals surface area (Å²) >= 11 is 0. The van der Waals surface area contributed by atoms with Crippen LogP contribution < -0.4 is 0 Å². The lowest BCUT2D eigenvalue weighted by atomic mass is 9.69. The van der Waals surface area contributed by atoms with Crippen LogP contribution in [0.25, 0.3) is 93.9 Å². The van der Waals surface area contributed by atoms with Crippen molar-refractivity contribution in [3.63, 3.8) is 0 Å². The smallest absolute Gasteiger partial charge is 0.0723 e. The van der Waals surface area contributed by atoms with Crippen LogP contribution in [0.15, 0.2) is 212 Å². The third-order valence-corrected chi connectivity index (χ3v) is 15.9. The minimum Gasteiger partial charge on any atom is -0.309 e. The predicted molar refractivity (Wildman–Crippen MR) is 275 cm³/mol. The quantitative estimate of drug-likeness (QED) is 0.168. The second-order valence-corrected chi connectivity index (χ2v) is 19.4. The highest BCUT2D eigenvalue weighted by Gasteiger charge is 2.54. The minimum absolute atomic E-state index is 0.0882. The summed E-state index contributed by atoms with van der Waals surface area (Å²) in [6.45, 7) is 4.75. The number of aromatic nitrogens is 2. The molecule has 1 unspecified atom stereocenters. The van der Waals surface area contributed by atoms with Crippen LogP contribution >= 0.6 is 0 Å². The van der Waals surface area contributed by atoms with Crippen LogP contribution in [-0.4, -0.2) is 9.13 Å². The second-order valence-electron chi connectivity index (χ2n) is 19.4. The van der Waals surface area contributed by atoms with Crippen LogP contribution in [0.3, 0.4) is 0 Å². The average molecular weight is 841 g/mol. The van der Waals surface area contributed by atoms with Crippen molar-refractivity contribution in [2.45, 2.75) is 37.5 Å². The maximum absolute atomic E-state index is 2.55. The molecule has 11 aromatic rings. The van der Waals surface area contributed by atoms with Crippen LogP contribution in [0.4, 0.5) is 0 Å². The van der Waals surface area contributed by atoms with Crippen molar-refractivity contribution in [1.82, 2.24) is 9.13 Å². The van der Waals surface area contributed by atoms with Gasteiger partial charge in [0.2, 0.25) is 0 Å². The lowest BCUT2D eigenvalue weighted by molar-refractivity contribution is 0.661. The molecule has 9 aromatic carbocycles. The van der Waals surface area contributed by atoms with Gasteiger partial charge in [0.05, 0.1) is 27.5 Å².